The SMILES string of the molecule is CCNc1nccc(-c2c(-c3ccc(F)cc3)nc3n2C(Cn2ccc4cc(C)ccc42)CC3)n1. The van der Waals surface area contributed by atoms with Gasteiger partial charge in [0.25, 0.3) is 0 Å². The summed E-state index contributed by atoms with van der Waals surface area (Å²) in [6, 6.07) is 17.5. The van der Waals surface area contributed by atoms with Gasteiger partial charge in [0, 0.05) is 43.0 Å². The van der Waals surface area contributed by atoms with Crippen LogP contribution in [0.5, 0.6) is 0 Å². The molecular weight excluding hydrogens is 439 g/mol. The molecular formula is C28H27FN6. The van der Waals surface area contributed by atoms with Gasteiger partial charge in [-0.15, -0.1) is 0 Å². The lowest BCUT2D eigenvalue weighted by Gasteiger charge is -2.19. The Morgan fingerprint density at radius 1 is 1.06 bits per heavy atom. The maximum Gasteiger partial charge on any atom is 0.223 e. The first-order valence-electron chi connectivity index (χ1n) is 12.1. The lowest BCUT2D eigenvalue weighted by atomic mass is 10.1. The van der Waals surface area contributed by atoms with E-state index < -0.39 is 0 Å². The van der Waals surface area contributed by atoms with E-state index in [-0.39, 0.29) is 11.9 Å². The van der Waals surface area contributed by atoms with Crippen molar-refractivity contribution in [3.63, 3.8) is 0 Å². The molecule has 0 fully saturated rings. The Morgan fingerprint density at radius 2 is 1.91 bits per heavy atom. The Morgan fingerprint density at radius 3 is 2.74 bits per heavy atom. The van der Waals surface area contributed by atoms with E-state index in [0.717, 1.165) is 54.4 Å². The zero-order valence-corrected chi connectivity index (χ0v) is 19.9. The third-order valence-electron chi connectivity index (χ3n) is 6.74. The molecule has 5 aromatic rings. The van der Waals surface area contributed by atoms with Crippen LogP contribution < -0.4 is 5.32 Å². The summed E-state index contributed by atoms with van der Waals surface area (Å²) in [7, 11) is 0. The summed E-state index contributed by atoms with van der Waals surface area (Å²) in [5.41, 5.74) is 5.99. The van der Waals surface area contributed by atoms with Gasteiger partial charge >= 0.3 is 0 Å². The highest BCUT2D eigenvalue weighted by atomic mass is 19.1. The minimum atomic E-state index is -0.258. The number of fused-ring (bicyclic) bond motifs is 2. The topological polar surface area (TPSA) is 60.6 Å². The van der Waals surface area contributed by atoms with Gasteiger partial charge in [-0.2, -0.15) is 0 Å². The molecule has 3 aromatic heterocycles. The first kappa shape index (κ1) is 21.5. The van der Waals surface area contributed by atoms with E-state index in [0.29, 0.717) is 5.95 Å². The van der Waals surface area contributed by atoms with Crippen LogP contribution in [0.3, 0.4) is 0 Å². The second kappa shape index (κ2) is 8.65. The highest BCUT2D eigenvalue weighted by Crippen LogP contribution is 2.40. The molecule has 35 heavy (non-hydrogen) atoms. The maximum atomic E-state index is 13.7. The second-order valence-electron chi connectivity index (χ2n) is 9.12. The van der Waals surface area contributed by atoms with Crippen molar-refractivity contribution in [1.29, 1.82) is 0 Å². The Balaban J connectivity index is 1.47. The molecule has 1 aliphatic heterocycles. The van der Waals surface area contributed by atoms with E-state index in [2.05, 4.69) is 56.8 Å². The number of hydrogen-bond acceptors (Lipinski definition) is 4. The van der Waals surface area contributed by atoms with Crippen LogP contribution in [-0.4, -0.2) is 30.6 Å². The molecule has 0 bridgehead atoms. The van der Waals surface area contributed by atoms with Gasteiger partial charge in [-0.25, -0.2) is 19.3 Å². The number of aryl methyl sites for hydroxylation is 2. The molecule has 0 radical (unpaired) electrons. The van der Waals surface area contributed by atoms with E-state index in [1.54, 1.807) is 18.3 Å². The standard InChI is InChI=1S/C28H27FN6/c1-3-30-28-31-14-12-23(32-28)27-26(19-5-7-21(29)8-6-19)33-25-11-9-22(35(25)27)17-34-15-13-20-16-18(2)4-10-24(20)34/h4-8,10,12-16,22H,3,9,11,17H2,1-2H3,(H,30,31,32). The Kier molecular flexibility index (Phi) is 5.32. The molecule has 1 N–H and O–H groups in total. The molecule has 176 valence electrons. The third kappa shape index (κ3) is 3.87. The second-order valence-corrected chi connectivity index (χ2v) is 9.12. The molecule has 0 saturated heterocycles. The smallest absolute Gasteiger partial charge is 0.223 e. The number of nitrogens with zero attached hydrogens (tertiary/aromatic N) is 5. The molecule has 2 aromatic carbocycles. The van der Waals surface area contributed by atoms with Crippen molar-refractivity contribution in [3.8, 4) is 22.6 Å². The molecule has 4 heterocycles. The molecule has 7 heteroatoms. The zero-order valence-electron chi connectivity index (χ0n) is 19.9. The molecule has 1 aliphatic rings. The minimum Gasteiger partial charge on any atom is -0.354 e. The molecule has 0 aliphatic carbocycles. The van der Waals surface area contributed by atoms with Crippen LogP contribution in [0, 0.1) is 12.7 Å². The molecule has 1 atom stereocenters. The predicted molar refractivity (Wildman–Crippen MR) is 137 cm³/mol. The number of halogens is 1. The quantitative estimate of drug-likeness (QED) is 0.332. The van der Waals surface area contributed by atoms with Gasteiger partial charge in [0.15, 0.2) is 0 Å². The summed E-state index contributed by atoms with van der Waals surface area (Å²) in [5, 5.41) is 4.47. The summed E-state index contributed by atoms with van der Waals surface area (Å²) >= 11 is 0. The summed E-state index contributed by atoms with van der Waals surface area (Å²) in [5.74, 6) is 1.37. The van der Waals surface area contributed by atoms with Gasteiger partial charge in [-0.05, 0) is 74.2 Å². The fourth-order valence-corrected chi connectivity index (χ4v) is 5.14. The number of hydrogen-bond donors (Lipinski definition) is 1. The number of imidazole rings is 1. The van der Waals surface area contributed by atoms with Crippen LogP contribution in [0.2, 0.25) is 0 Å². The third-order valence-corrected chi connectivity index (χ3v) is 6.74. The van der Waals surface area contributed by atoms with Crippen molar-refractivity contribution < 1.29 is 4.39 Å². The van der Waals surface area contributed by atoms with Crippen molar-refractivity contribution in [2.24, 2.45) is 0 Å². The van der Waals surface area contributed by atoms with E-state index in [9.17, 15) is 4.39 Å². The monoisotopic (exact) mass is 466 g/mol. The van der Waals surface area contributed by atoms with Crippen molar-refractivity contribution in [1.82, 2.24) is 24.1 Å². The van der Waals surface area contributed by atoms with Gasteiger partial charge in [-0.1, -0.05) is 11.6 Å². The van der Waals surface area contributed by atoms with E-state index in [1.807, 2.05) is 13.0 Å². The van der Waals surface area contributed by atoms with Crippen molar-refractivity contribution in [2.45, 2.75) is 39.3 Å². The Hall–Kier alpha value is -4.00. The molecule has 0 saturated carbocycles. The van der Waals surface area contributed by atoms with Crippen LogP contribution in [0.1, 0.15) is 30.8 Å². The normalized spacial score (nSPS) is 15.0. The van der Waals surface area contributed by atoms with Gasteiger partial charge in [-0.3, -0.25) is 0 Å². The lowest BCUT2D eigenvalue weighted by Crippen LogP contribution is -2.14. The largest absolute Gasteiger partial charge is 0.354 e. The first-order chi connectivity index (χ1) is 17.1. The molecule has 6 rings (SSSR count). The van der Waals surface area contributed by atoms with Gasteiger partial charge < -0.3 is 14.5 Å². The summed E-state index contributed by atoms with van der Waals surface area (Å²) in [6.07, 6.45) is 5.85. The summed E-state index contributed by atoms with van der Waals surface area (Å²) < 4.78 is 18.4. The number of rotatable bonds is 6. The fourth-order valence-electron chi connectivity index (χ4n) is 5.14. The average Bonchev–Trinajstić information content (AvgIpc) is 3.54. The van der Waals surface area contributed by atoms with Gasteiger partial charge in [0.05, 0.1) is 23.1 Å². The molecule has 0 amide bonds. The van der Waals surface area contributed by atoms with Crippen LogP contribution in [0.15, 0.2) is 67.0 Å². The predicted octanol–water partition coefficient (Wildman–Crippen LogP) is 6.03. The zero-order chi connectivity index (χ0) is 23.9. The van der Waals surface area contributed by atoms with Crippen LogP contribution in [-0.2, 0) is 13.0 Å². The van der Waals surface area contributed by atoms with Crippen LogP contribution in [0.4, 0.5) is 10.3 Å². The number of benzene rings is 2. The molecule has 0 spiro atoms. The Labute approximate surface area is 203 Å². The van der Waals surface area contributed by atoms with Crippen molar-refractivity contribution in [3.05, 3.63) is 84.2 Å². The number of nitrogens with one attached hydrogen (secondary N) is 1. The fraction of sp³-hybridized carbons (Fsp3) is 0.250. The van der Waals surface area contributed by atoms with E-state index in [4.69, 9.17) is 9.97 Å². The van der Waals surface area contributed by atoms with Crippen molar-refractivity contribution in [2.75, 3.05) is 11.9 Å². The lowest BCUT2D eigenvalue weighted by molar-refractivity contribution is 0.459. The van der Waals surface area contributed by atoms with Crippen molar-refractivity contribution >= 4 is 16.9 Å². The van der Waals surface area contributed by atoms with Gasteiger partial charge in [0.2, 0.25) is 5.95 Å². The molecule has 1 unspecified atom stereocenters. The number of anilines is 1. The van der Waals surface area contributed by atoms with E-state index >= 15 is 0 Å². The number of aromatic nitrogens is 5. The highest BCUT2D eigenvalue weighted by Gasteiger charge is 2.31. The minimum absolute atomic E-state index is 0.233. The maximum absolute atomic E-state index is 13.7. The van der Waals surface area contributed by atoms with E-state index in [1.165, 1.54) is 28.6 Å². The first-order valence-corrected chi connectivity index (χ1v) is 12.1. The average molecular weight is 467 g/mol. The van der Waals surface area contributed by atoms with Gasteiger partial charge in [0.1, 0.15) is 11.6 Å². The highest BCUT2D eigenvalue weighted by molar-refractivity contribution is 5.81. The Bertz CT molecular complexity index is 1510. The van der Waals surface area contributed by atoms with Crippen LogP contribution >= 0.6 is 0 Å². The summed E-state index contributed by atoms with van der Waals surface area (Å²) in [4.78, 5) is 14.2. The van der Waals surface area contributed by atoms with Crippen LogP contribution in [0.25, 0.3) is 33.5 Å². The molecule has 6 nitrogen and oxygen atoms in total. The summed E-state index contributed by atoms with van der Waals surface area (Å²) in [6.45, 7) is 5.73.